The van der Waals surface area contributed by atoms with Gasteiger partial charge in [0.25, 0.3) is 0 Å². The molecule has 1 aromatic heterocycles. The van der Waals surface area contributed by atoms with Crippen LogP contribution in [0.2, 0.25) is 0 Å². The van der Waals surface area contributed by atoms with Gasteiger partial charge in [-0.3, -0.25) is 0 Å². The predicted molar refractivity (Wildman–Crippen MR) is 67.2 cm³/mol. The summed E-state index contributed by atoms with van der Waals surface area (Å²) in [5.41, 5.74) is 0.393. The second kappa shape index (κ2) is 6.06. The Hall–Kier alpha value is -1.27. The molecule has 1 aromatic rings. The Labute approximate surface area is 110 Å². The van der Waals surface area contributed by atoms with Crippen LogP contribution in [0.4, 0.5) is 0 Å². The lowest BCUT2D eigenvalue weighted by atomic mass is 10.2. The first kappa shape index (κ1) is 13.2. The number of hydrogen-bond acceptors (Lipinski definition) is 6. The summed E-state index contributed by atoms with van der Waals surface area (Å²) in [4.78, 5) is 15.7. The zero-order valence-electron chi connectivity index (χ0n) is 10.3. The van der Waals surface area contributed by atoms with Crippen LogP contribution in [0.25, 0.3) is 0 Å². The van der Waals surface area contributed by atoms with Gasteiger partial charge in [0.1, 0.15) is 11.1 Å². The molecule has 0 saturated carbocycles. The lowest BCUT2D eigenvalue weighted by Gasteiger charge is -2.14. The lowest BCUT2D eigenvalue weighted by Crippen LogP contribution is -2.17. The minimum atomic E-state index is -0.414. The average Bonchev–Trinajstić information content (AvgIpc) is 2.90. The van der Waals surface area contributed by atoms with E-state index in [1.165, 1.54) is 25.1 Å². The van der Waals surface area contributed by atoms with Gasteiger partial charge in [-0.2, -0.15) is 0 Å². The van der Waals surface area contributed by atoms with E-state index in [1.807, 2.05) is 6.26 Å². The summed E-state index contributed by atoms with van der Waals surface area (Å²) >= 11 is 1.48. The Bertz CT molecular complexity index is 432. The van der Waals surface area contributed by atoms with E-state index in [9.17, 15) is 4.79 Å². The van der Waals surface area contributed by atoms with Gasteiger partial charge >= 0.3 is 5.97 Å². The Morgan fingerprint density at radius 3 is 3.06 bits per heavy atom. The fourth-order valence-corrected chi connectivity index (χ4v) is 2.15. The monoisotopic (exact) mass is 269 g/mol. The maximum Gasteiger partial charge on any atom is 0.339 e. The average molecular weight is 269 g/mol. The molecule has 1 atom stereocenters. The van der Waals surface area contributed by atoms with Gasteiger partial charge in [-0.1, -0.05) is 0 Å². The Balaban J connectivity index is 2.21. The van der Waals surface area contributed by atoms with Gasteiger partial charge in [-0.15, -0.1) is 11.8 Å². The number of thioether (sulfide) groups is 1. The number of nitrogens with zero attached hydrogens (tertiary/aromatic N) is 1. The van der Waals surface area contributed by atoms with Crippen molar-refractivity contribution in [3.63, 3.8) is 0 Å². The second-order valence-electron chi connectivity index (χ2n) is 3.83. The third-order valence-electron chi connectivity index (χ3n) is 2.61. The number of rotatable bonds is 4. The highest BCUT2D eigenvalue weighted by molar-refractivity contribution is 7.98. The molecule has 5 nitrogen and oxygen atoms in total. The van der Waals surface area contributed by atoms with Crippen molar-refractivity contribution in [2.75, 3.05) is 26.6 Å². The summed E-state index contributed by atoms with van der Waals surface area (Å²) in [5.74, 6) is 0.198. The minimum Gasteiger partial charge on any atom is -0.485 e. The van der Waals surface area contributed by atoms with Crippen LogP contribution in [-0.4, -0.2) is 43.6 Å². The third kappa shape index (κ3) is 2.94. The third-order valence-corrected chi connectivity index (χ3v) is 3.31. The largest absolute Gasteiger partial charge is 0.485 e. The summed E-state index contributed by atoms with van der Waals surface area (Å²) in [6.45, 7) is 1.29. The Kier molecular flexibility index (Phi) is 4.43. The normalized spacial score (nSPS) is 18.7. The molecule has 0 amide bonds. The molecule has 2 heterocycles. The standard InChI is InChI=1S/C12H15NO4S/c1-15-12(14)8-5-10(11(18-2)13-6-8)17-9-3-4-16-7-9/h5-6,9H,3-4,7H2,1-2H3. The number of methoxy groups -OCH3 is 1. The zero-order chi connectivity index (χ0) is 13.0. The van der Waals surface area contributed by atoms with Gasteiger partial charge in [0, 0.05) is 12.6 Å². The maximum absolute atomic E-state index is 11.5. The van der Waals surface area contributed by atoms with Crippen LogP contribution in [0.15, 0.2) is 17.3 Å². The molecule has 98 valence electrons. The van der Waals surface area contributed by atoms with E-state index in [2.05, 4.69) is 9.72 Å². The second-order valence-corrected chi connectivity index (χ2v) is 4.62. The van der Waals surface area contributed by atoms with E-state index in [0.717, 1.165) is 11.4 Å². The van der Waals surface area contributed by atoms with Crippen molar-refractivity contribution in [3.8, 4) is 5.75 Å². The van der Waals surface area contributed by atoms with Crippen molar-refractivity contribution in [2.45, 2.75) is 17.6 Å². The molecule has 1 aliphatic heterocycles. The smallest absolute Gasteiger partial charge is 0.339 e. The molecule has 0 N–H and O–H groups in total. The molecule has 1 saturated heterocycles. The summed E-state index contributed by atoms with van der Waals surface area (Å²) in [6, 6.07) is 1.67. The van der Waals surface area contributed by atoms with Gasteiger partial charge in [0.15, 0.2) is 5.75 Å². The number of esters is 1. The molecular weight excluding hydrogens is 254 g/mol. The highest BCUT2D eigenvalue weighted by atomic mass is 32.2. The topological polar surface area (TPSA) is 57.7 Å². The number of aromatic nitrogens is 1. The van der Waals surface area contributed by atoms with Gasteiger partial charge in [0.05, 0.1) is 25.9 Å². The maximum atomic E-state index is 11.5. The molecule has 1 unspecified atom stereocenters. The summed E-state index contributed by atoms with van der Waals surface area (Å²) in [6.07, 6.45) is 4.30. The van der Waals surface area contributed by atoms with E-state index in [4.69, 9.17) is 9.47 Å². The van der Waals surface area contributed by atoms with Crippen LogP contribution < -0.4 is 4.74 Å². The van der Waals surface area contributed by atoms with E-state index >= 15 is 0 Å². The Morgan fingerprint density at radius 1 is 1.61 bits per heavy atom. The van der Waals surface area contributed by atoms with E-state index in [1.54, 1.807) is 6.07 Å². The molecule has 0 aliphatic carbocycles. The van der Waals surface area contributed by atoms with Crippen LogP contribution in [0.1, 0.15) is 16.8 Å². The minimum absolute atomic E-state index is 0.0330. The van der Waals surface area contributed by atoms with Crippen LogP contribution in [0, 0.1) is 0 Å². The number of carbonyl (C=O) groups excluding carboxylic acids is 1. The van der Waals surface area contributed by atoms with Crippen LogP contribution in [0.3, 0.4) is 0 Å². The fraction of sp³-hybridized carbons (Fsp3) is 0.500. The van der Waals surface area contributed by atoms with Gasteiger partial charge in [0.2, 0.25) is 0 Å². The number of hydrogen-bond donors (Lipinski definition) is 0. The van der Waals surface area contributed by atoms with Crippen molar-refractivity contribution in [1.82, 2.24) is 4.98 Å². The zero-order valence-corrected chi connectivity index (χ0v) is 11.2. The molecule has 1 aliphatic rings. The van der Waals surface area contributed by atoms with Crippen molar-refractivity contribution < 1.29 is 19.0 Å². The first-order chi connectivity index (χ1) is 8.74. The molecule has 18 heavy (non-hydrogen) atoms. The van der Waals surface area contributed by atoms with E-state index in [-0.39, 0.29) is 6.10 Å². The fourth-order valence-electron chi connectivity index (χ4n) is 1.68. The molecule has 6 heteroatoms. The predicted octanol–water partition coefficient (Wildman–Crippen LogP) is 1.76. The Morgan fingerprint density at radius 2 is 2.44 bits per heavy atom. The first-order valence-corrected chi connectivity index (χ1v) is 6.84. The van der Waals surface area contributed by atoms with Crippen molar-refractivity contribution in [1.29, 1.82) is 0 Å². The highest BCUT2D eigenvalue weighted by Gasteiger charge is 2.20. The van der Waals surface area contributed by atoms with Crippen LogP contribution in [-0.2, 0) is 9.47 Å². The number of carbonyl (C=O) groups is 1. The van der Waals surface area contributed by atoms with Gasteiger partial charge in [-0.05, 0) is 12.3 Å². The summed E-state index contributed by atoms with van der Waals surface area (Å²) in [5, 5.41) is 0.759. The molecule has 0 aromatic carbocycles. The van der Waals surface area contributed by atoms with E-state index < -0.39 is 5.97 Å². The number of ether oxygens (including phenoxy) is 3. The van der Waals surface area contributed by atoms with Crippen molar-refractivity contribution in [2.24, 2.45) is 0 Å². The van der Waals surface area contributed by atoms with Gasteiger partial charge < -0.3 is 14.2 Å². The lowest BCUT2D eigenvalue weighted by molar-refractivity contribution is 0.0599. The molecule has 0 spiro atoms. The van der Waals surface area contributed by atoms with Crippen molar-refractivity contribution >= 4 is 17.7 Å². The number of pyridine rings is 1. The molecule has 1 fully saturated rings. The molecular formula is C12H15NO4S. The SMILES string of the molecule is COC(=O)c1cnc(SC)c(OC2CCOC2)c1. The summed E-state index contributed by atoms with van der Waals surface area (Å²) in [7, 11) is 1.34. The molecule has 2 rings (SSSR count). The molecule has 0 radical (unpaired) electrons. The van der Waals surface area contributed by atoms with Gasteiger partial charge in [-0.25, -0.2) is 9.78 Å². The van der Waals surface area contributed by atoms with Crippen LogP contribution in [0.5, 0.6) is 5.75 Å². The quantitative estimate of drug-likeness (QED) is 0.613. The highest BCUT2D eigenvalue weighted by Crippen LogP contribution is 2.28. The van der Waals surface area contributed by atoms with E-state index in [0.29, 0.717) is 24.5 Å². The first-order valence-electron chi connectivity index (χ1n) is 5.61. The van der Waals surface area contributed by atoms with Crippen LogP contribution >= 0.6 is 11.8 Å². The molecule has 0 bridgehead atoms. The van der Waals surface area contributed by atoms with Crippen molar-refractivity contribution in [3.05, 3.63) is 17.8 Å². The summed E-state index contributed by atoms with van der Waals surface area (Å²) < 4.78 is 15.7.